The molecule has 0 aromatic heterocycles. The third-order valence-corrected chi connectivity index (χ3v) is 3.33. The fraction of sp³-hybridized carbons (Fsp3) is 0.600. The molecule has 1 N–H and O–H groups in total. The third kappa shape index (κ3) is 4.37. The van der Waals surface area contributed by atoms with Crippen LogP contribution in [0.4, 0.5) is 5.69 Å². The minimum absolute atomic E-state index is 0.0740. The molecule has 1 heterocycles. The topological polar surface area (TPSA) is 43.0 Å². The third-order valence-electron chi connectivity index (χ3n) is 3.33. The van der Waals surface area contributed by atoms with Crippen molar-refractivity contribution in [2.45, 2.75) is 6.10 Å². The van der Waals surface area contributed by atoms with Gasteiger partial charge in [-0.25, -0.2) is 0 Å². The fourth-order valence-electron chi connectivity index (χ4n) is 2.34. The van der Waals surface area contributed by atoms with Crippen LogP contribution in [0.2, 0.25) is 0 Å². The molecule has 5 nitrogen and oxygen atoms in total. The summed E-state index contributed by atoms with van der Waals surface area (Å²) in [7, 11) is 3.33. The molecular weight excluding hydrogens is 256 g/mol. The van der Waals surface area contributed by atoms with Crippen LogP contribution in [0.5, 0.6) is 5.75 Å². The van der Waals surface area contributed by atoms with Crippen LogP contribution >= 0.6 is 0 Å². The monoisotopic (exact) mass is 280 g/mol. The summed E-state index contributed by atoms with van der Waals surface area (Å²) in [6.45, 7) is 5.23. The highest BCUT2D eigenvalue weighted by atomic mass is 16.6. The molecule has 0 aliphatic carbocycles. The predicted octanol–water partition coefficient (Wildman–Crippen LogP) is 1.14. The zero-order valence-corrected chi connectivity index (χ0v) is 12.3. The number of ether oxygens (including phenoxy) is 3. The highest BCUT2D eigenvalue weighted by molar-refractivity contribution is 5.49. The van der Waals surface area contributed by atoms with Crippen molar-refractivity contribution in [2.75, 3.05) is 58.5 Å². The molecule has 1 aliphatic heterocycles. The average molecular weight is 280 g/mol. The van der Waals surface area contributed by atoms with Gasteiger partial charge in [-0.2, -0.15) is 0 Å². The summed E-state index contributed by atoms with van der Waals surface area (Å²) < 4.78 is 16.1. The number of hydrogen-bond acceptors (Lipinski definition) is 5. The number of rotatable bonds is 7. The number of benzene rings is 1. The lowest BCUT2D eigenvalue weighted by Gasteiger charge is -2.29. The summed E-state index contributed by atoms with van der Waals surface area (Å²) in [5, 5.41) is 3.36. The van der Waals surface area contributed by atoms with Crippen LogP contribution in [-0.2, 0) is 9.47 Å². The van der Waals surface area contributed by atoms with Crippen LogP contribution < -0.4 is 15.0 Å². The molecule has 0 saturated carbocycles. The second-order valence-electron chi connectivity index (χ2n) is 4.88. The highest BCUT2D eigenvalue weighted by Gasteiger charge is 2.12. The molecule has 2 rings (SSSR count). The Morgan fingerprint density at radius 2 is 1.65 bits per heavy atom. The van der Waals surface area contributed by atoms with Crippen molar-refractivity contribution in [3.8, 4) is 5.75 Å². The van der Waals surface area contributed by atoms with E-state index >= 15 is 0 Å². The van der Waals surface area contributed by atoms with Gasteiger partial charge in [0.2, 0.25) is 0 Å². The Labute approximate surface area is 120 Å². The zero-order chi connectivity index (χ0) is 14.2. The molecule has 0 unspecified atom stereocenters. The number of hydrogen-bond donors (Lipinski definition) is 1. The molecule has 0 amide bonds. The van der Waals surface area contributed by atoms with Crippen LogP contribution in [0.3, 0.4) is 0 Å². The van der Waals surface area contributed by atoms with Gasteiger partial charge in [0.1, 0.15) is 11.9 Å². The Morgan fingerprint density at radius 3 is 2.20 bits per heavy atom. The minimum Gasteiger partial charge on any atom is -0.486 e. The van der Waals surface area contributed by atoms with E-state index in [0.717, 1.165) is 31.9 Å². The molecule has 1 aliphatic rings. The first-order valence-electron chi connectivity index (χ1n) is 7.03. The van der Waals surface area contributed by atoms with Gasteiger partial charge in [-0.05, 0) is 24.3 Å². The second kappa shape index (κ2) is 8.09. The number of anilines is 1. The van der Waals surface area contributed by atoms with Crippen LogP contribution in [0, 0.1) is 0 Å². The normalized spacial score (nSPS) is 15.7. The van der Waals surface area contributed by atoms with Gasteiger partial charge < -0.3 is 24.4 Å². The largest absolute Gasteiger partial charge is 0.486 e. The first kappa shape index (κ1) is 15.1. The zero-order valence-electron chi connectivity index (χ0n) is 12.3. The van der Waals surface area contributed by atoms with Gasteiger partial charge in [-0.3, -0.25) is 0 Å². The van der Waals surface area contributed by atoms with E-state index in [1.54, 1.807) is 14.2 Å². The van der Waals surface area contributed by atoms with E-state index in [1.165, 1.54) is 5.69 Å². The molecule has 20 heavy (non-hydrogen) atoms. The van der Waals surface area contributed by atoms with Crippen molar-refractivity contribution in [1.82, 2.24) is 5.32 Å². The number of methoxy groups -OCH3 is 2. The van der Waals surface area contributed by atoms with Gasteiger partial charge in [0, 0.05) is 46.1 Å². The Hall–Kier alpha value is -1.30. The molecule has 1 aromatic rings. The van der Waals surface area contributed by atoms with Crippen molar-refractivity contribution < 1.29 is 14.2 Å². The summed E-state index contributed by atoms with van der Waals surface area (Å²) in [5.41, 5.74) is 1.24. The first-order chi connectivity index (χ1) is 9.83. The summed E-state index contributed by atoms with van der Waals surface area (Å²) in [6, 6.07) is 8.24. The second-order valence-corrected chi connectivity index (χ2v) is 4.88. The van der Waals surface area contributed by atoms with Crippen LogP contribution in [-0.4, -0.2) is 59.7 Å². The Bertz CT molecular complexity index is 371. The molecule has 1 aromatic carbocycles. The first-order valence-corrected chi connectivity index (χ1v) is 7.03. The predicted molar refractivity (Wildman–Crippen MR) is 79.7 cm³/mol. The van der Waals surface area contributed by atoms with Crippen LogP contribution in [0.25, 0.3) is 0 Å². The van der Waals surface area contributed by atoms with E-state index in [0.29, 0.717) is 13.2 Å². The molecule has 0 bridgehead atoms. The maximum Gasteiger partial charge on any atom is 0.145 e. The smallest absolute Gasteiger partial charge is 0.145 e. The summed E-state index contributed by atoms with van der Waals surface area (Å²) in [4.78, 5) is 2.38. The van der Waals surface area contributed by atoms with E-state index in [1.807, 2.05) is 12.1 Å². The average Bonchev–Trinajstić information content (AvgIpc) is 2.49. The van der Waals surface area contributed by atoms with Gasteiger partial charge in [0.15, 0.2) is 0 Å². The maximum atomic E-state index is 5.86. The Kier molecular flexibility index (Phi) is 6.11. The molecule has 0 atom stereocenters. The molecule has 0 radical (unpaired) electrons. The minimum atomic E-state index is -0.0740. The molecule has 1 fully saturated rings. The quantitative estimate of drug-likeness (QED) is 0.811. The van der Waals surface area contributed by atoms with Gasteiger partial charge >= 0.3 is 0 Å². The lowest BCUT2D eigenvalue weighted by Crippen LogP contribution is -2.43. The highest BCUT2D eigenvalue weighted by Crippen LogP contribution is 2.20. The number of piperazine rings is 1. The molecular formula is C15H24N2O3. The van der Waals surface area contributed by atoms with E-state index in [2.05, 4.69) is 22.3 Å². The Morgan fingerprint density at radius 1 is 1.05 bits per heavy atom. The van der Waals surface area contributed by atoms with E-state index < -0.39 is 0 Å². The van der Waals surface area contributed by atoms with Crippen LogP contribution in [0.1, 0.15) is 0 Å². The summed E-state index contributed by atoms with van der Waals surface area (Å²) in [6.07, 6.45) is -0.0740. The Balaban J connectivity index is 1.92. The molecule has 112 valence electrons. The molecule has 1 saturated heterocycles. The lowest BCUT2D eigenvalue weighted by molar-refractivity contribution is 0.0245. The van der Waals surface area contributed by atoms with E-state index in [4.69, 9.17) is 14.2 Å². The van der Waals surface area contributed by atoms with Crippen molar-refractivity contribution in [3.05, 3.63) is 24.3 Å². The fourth-order valence-corrected chi connectivity index (χ4v) is 2.34. The number of nitrogens with zero attached hydrogens (tertiary/aromatic N) is 1. The van der Waals surface area contributed by atoms with Gasteiger partial charge in [-0.1, -0.05) is 0 Å². The van der Waals surface area contributed by atoms with Crippen molar-refractivity contribution >= 4 is 5.69 Å². The van der Waals surface area contributed by atoms with E-state index in [-0.39, 0.29) is 6.10 Å². The SMILES string of the molecule is COCC(COC)Oc1ccc(N2CCNCC2)cc1. The summed E-state index contributed by atoms with van der Waals surface area (Å²) >= 11 is 0. The van der Waals surface area contributed by atoms with Gasteiger partial charge in [-0.15, -0.1) is 0 Å². The van der Waals surface area contributed by atoms with Crippen molar-refractivity contribution in [1.29, 1.82) is 0 Å². The maximum absolute atomic E-state index is 5.86. The number of nitrogens with one attached hydrogen (secondary N) is 1. The molecule has 5 heteroatoms. The lowest BCUT2D eigenvalue weighted by atomic mass is 10.2. The van der Waals surface area contributed by atoms with Gasteiger partial charge in [0.05, 0.1) is 13.2 Å². The van der Waals surface area contributed by atoms with E-state index in [9.17, 15) is 0 Å². The van der Waals surface area contributed by atoms with Crippen molar-refractivity contribution in [2.24, 2.45) is 0 Å². The standard InChI is InChI=1S/C15H24N2O3/c1-18-11-15(12-19-2)20-14-5-3-13(4-6-14)17-9-7-16-8-10-17/h3-6,15-16H,7-12H2,1-2H3. The van der Waals surface area contributed by atoms with Crippen LogP contribution in [0.15, 0.2) is 24.3 Å². The van der Waals surface area contributed by atoms with Crippen molar-refractivity contribution in [3.63, 3.8) is 0 Å². The van der Waals surface area contributed by atoms with Gasteiger partial charge in [0.25, 0.3) is 0 Å². The molecule has 0 spiro atoms. The summed E-state index contributed by atoms with van der Waals surface area (Å²) in [5.74, 6) is 0.850.